The summed E-state index contributed by atoms with van der Waals surface area (Å²) >= 11 is 1.35. The van der Waals surface area contributed by atoms with Gasteiger partial charge >= 0.3 is 0 Å². The summed E-state index contributed by atoms with van der Waals surface area (Å²) in [5.74, 6) is 0.801. The Bertz CT molecular complexity index is 821. The highest BCUT2D eigenvalue weighted by Crippen LogP contribution is 2.33. The molecule has 1 fully saturated rings. The van der Waals surface area contributed by atoms with E-state index in [1.807, 2.05) is 30.5 Å². The van der Waals surface area contributed by atoms with Gasteiger partial charge < -0.3 is 19.7 Å². The third-order valence-corrected chi connectivity index (χ3v) is 5.14. The number of likely N-dealkylation sites (tertiary alicyclic amines) is 1. The summed E-state index contributed by atoms with van der Waals surface area (Å²) in [7, 11) is 3.16. The van der Waals surface area contributed by atoms with E-state index in [0.717, 1.165) is 11.3 Å². The van der Waals surface area contributed by atoms with E-state index in [2.05, 4.69) is 10.3 Å². The fourth-order valence-electron chi connectivity index (χ4n) is 2.92. The van der Waals surface area contributed by atoms with Crippen LogP contribution < -0.4 is 14.8 Å². The molecule has 0 bridgehead atoms. The normalized spacial score (nSPS) is 16.7. The maximum absolute atomic E-state index is 12.4. The van der Waals surface area contributed by atoms with Gasteiger partial charge in [0.15, 0.2) is 16.6 Å². The van der Waals surface area contributed by atoms with Gasteiger partial charge in [0, 0.05) is 30.5 Å². The van der Waals surface area contributed by atoms with Crippen LogP contribution >= 0.6 is 11.3 Å². The maximum atomic E-state index is 12.4. The lowest BCUT2D eigenvalue weighted by atomic mass is 10.1. The number of anilines is 1. The third-order valence-electron chi connectivity index (χ3n) is 4.38. The molecule has 2 amide bonds. The number of nitrogens with zero attached hydrogens (tertiary/aromatic N) is 2. The molecule has 3 rings (SSSR count). The lowest BCUT2D eigenvalue weighted by molar-refractivity contribution is -0.128. The van der Waals surface area contributed by atoms with Gasteiger partial charge in [0.2, 0.25) is 11.8 Å². The van der Waals surface area contributed by atoms with E-state index in [1.165, 1.54) is 11.3 Å². The van der Waals surface area contributed by atoms with Crippen LogP contribution in [0.25, 0.3) is 11.3 Å². The predicted molar refractivity (Wildman–Crippen MR) is 99.6 cm³/mol. The number of ether oxygens (including phenoxy) is 2. The minimum Gasteiger partial charge on any atom is -0.493 e. The van der Waals surface area contributed by atoms with Crippen molar-refractivity contribution in [1.82, 2.24) is 9.88 Å². The van der Waals surface area contributed by atoms with Crippen LogP contribution in [0, 0.1) is 5.92 Å². The Labute approximate surface area is 155 Å². The highest BCUT2D eigenvalue weighted by Gasteiger charge is 2.33. The number of thiazole rings is 1. The minimum absolute atomic E-state index is 0.0257. The fraction of sp³-hybridized carbons (Fsp3) is 0.389. The summed E-state index contributed by atoms with van der Waals surface area (Å²) in [6.45, 7) is 3.01. The first-order valence-corrected chi connectivity index (χ1v) is 9.20. The second-order valence-electron chi connectivity index (χ2n) is 5.93. The molecule has 0 aliphatic carbocycles. The molecule has 2 heterocycles. The minimum atomic E-state index is -0.323. The van der Waals surface area contributed by atoms with E-state index >= 15 is 0 Å². The van der Waals surface area contributed by atoms with Gasteiger partial charge in [0.25, 0.3) is 0 Å². The SMILES string of the molecule is CCN1C[C@H](C(=O)Nc2nc(-c3ccc(OC)c(OC)c3)cs2)CC1=O. The molecule has 1 aromatic carbocycles. The first kappa shape index (κ1) is 18.2. The van der Waals surface area contributed by atoms with Crippen LogP contribution in [0.15, 0.2) is 23.6 Å². The number of amides is 2. The van der Waals surface area contributed by atoms with Crippen molar-refractivity contribution in [3.63, 3.8) is 0 Å². The Morgan fingerprint density at radius 3 is 2.77 bits per heavy atom. The zero-order valence-corrected chi connectivity index (χ0v) is 15.8. The first-order valence-electron chi connectivity index (χ1n) is 8.32. The van der Waals surface area contributed by atoms with E-state index < -0.39 is 0 Å². The summed E-state index contributed by atoms with van der Waals surface area (Å²) in [5.41, 5.74) is 1.61. The number of nitrogens with one attached hydrogen (secondary N) is 1. The smallest absolute Gasteiger partial charge is 0.231 e. The van der Waals surface area contributed by atoms with Gasteiger partial charge in [-0.05, 0) is 25.1 Å². The molecule has 1 aliphatic rings. The summed E-state index contributed by atoms with van der Waals surface area (Å²) in [4.78, 5) is 30.3. The van der Waals surface area contributed by atoms with Gasteiger partial charge in [-0.15, -0.1) is 11.3 Å². The van der Waals surface area contributed by atoms with Crippen LogP contribution in [0.5, 0.6) is 11.5 Å². The number of hydrogen-bond acceptors (Lipinski definition) is 6. The molecular formula is C18H21N3O4S. The topological polar surface area (TPSA) is 80.8 Å². The Balaban J connectivity index is 1.70. The van der Waals surface area contributed by atoms with Gasteiger partial charge in [-0.3, -0.25) is 9.59 Å². The highest BCUT2D eigenvalue weighted by atomic mass is 32.1. The van der Waals surface area contributed by atoms with Crippen LogP contribution in [-0.2, 0) is 9.59 Å². The lowest BCUT2D eigenvalue weighted by Gasteiger charge is -2.12. The summed E-state index contributed by atoms with van der Waals surface area (Å²) in [6.07, 6.45) is 0.258. The summed E-state index contributed by atoms with van der Waals surface area (Å²) in [6, 6.07) is 5.54. The van der Waals surface area contributed by atoms with Crippen molar-refractivity contribution in [2.24, 2.45) is 5.92 Å². The molecule has 8 heteroatoms. The second-order valence-corrected chi connectivity index (χ2v) is 6.79. The number of benzene rings is 1. The predicted octanol–water partition coefficient (Wildman–Crippen LogP) is 2.63. The fourth-order valence-corrected chi connectivity index (χ4v) is 3.64. The number of carbonyl (C=O) groups excluding carboxylic acids is 2. The van der Waals surface area contributed by atoms with Crippen molar-refractivity contribution in [2.75, 3.05) is 32.6 Å². The van der Waals surface area contributed by atoms with Crippen LogP contribution in [0.4, 0.5) is 5.13 Å². The summed E-state index contributed by atoms with van der Waals surface area (Å²) in [5, 5.41) is 5.21. The van der Waals surface area contributed by atoms with Crippen molar-refractivity contribution < 1.29 is 19.1 Å². The van der Waals surface area contributed by atoms with Gasteiger partial charge in [-0.25, -0.2) is 4.98 Å². The molecule has 0 spiro atoms. The monoisotopic (exact) mass is 375 g/mol. The Morgan fingerprint density at radius 1 is 1.35 bits per heavy atom. The molecule has 0 unspecified atom stereocenters. The lowest BCUT2D eigenvalue weighted by Crippen LogP contribution is -2.28. The number of hydrogen-bond donors (Lipinski definition) is 1. The molecule has 1 atom stereocenters. The molecule has 138 valence electrons. The Hall–Kier alpha value is -2.61. The molecule has 2 aromatic rings. The van der Waals surface area contributed by atoms with Crippen LogP contribution in [-0.4, -0.2) is 49.0 Å². The van der Waals surface area contributed by atoms with E-state index in [9.17, 15) is 9.59 Å². The molecule has 26 heavy (non-hydrogen) atoms. The van der Waals surface area contributed by atoms with Gasteiger partial charge in [0.1, 0.15) is 0 Å². The molecule has 0 radical (unpaired) electrons. The van der Waals surface area contributed by atoms with Crippen molar-refractivity contribution in [2.45, 2.75) is 13.3 Å². The highest BCUT2D eigenvalue weighted by molar-refractivity contribution is 7.14. The van der Waals surface area contributed by atoms with Crippen molar-refractivity contribution in [3.8, 4) is 22.8 Å². The van der Waals surface area contributed by atoms with Crippen molar-refractivity contribution in [3.05, 3.63) is 23.6 Å². The van der Waals surface area contributed by atoms with Gasteiger partial charge in [-0.1, -0.05) is 0 Å². The molecular weight excluding hydrogens is 354 g/mol. The molecule has 7 nitrogen and oxygen atoms in total. The standard InChI is InChI=1S/C18H21N3O4S/c1-4-21-9-12(8-16(21)22)17(23)20-18-19-13(10-26-18)11-5-6-14(24-2)15(7-11)25-3/h5-7,10,12H,4,8-9H2,1-3H3,(H,19,20,23)/t12-/m1/s1. The van der Waals surface area contributed by atoms with E-state index in [0.29, 0.717) is 29.7 Å². The second kappa shape index (κ2) is 7.74. The van der Waals surface area contributed by atoms with Crippen LogP contribution in [0.3, 0.4) is 0 Å². The number of carbonyl (C=O) groups is 2. The maximum Gasteiger partial charge on any atom is 0.231 e. The Kier molecular flexibility index (Phi) is 5.41. The third kappa shape index (κ3) is 3.65. The molecule has 1 N–H and O–H groups in total. The van der Waals surface area contributed by atoms with E-state index in [4.69, 9.17) is 9.47 Å². The van der Waals surface area contributed by atoms with E-state index in [1.54, 1.807) is 19.1 Å². The number of rotatable bonds is 6. The number of aromatic nitrogens is 1. The molecule has 0 saturated carbocycles. The molecule has 1 saturated heterocycles. The quantitative estimate of drug-likeness (QED) is 0.839. The van der Waals surface area contributed by atoms with Gasteiger partial charge in [0.05, 0.1) is 25.8 Å². The van der Waals surface area contributed by atoms with Crippen molar-refractivity contribution in [1.29, 1.82) is 0 Å². The Morgan fingerprint density at radius 2 is 2.12 bits per heavy atom. The molecule has 1 aliphatic heterocycles. The number of methoxy groups -OCH3 is 2. The van der Waals surface area contributed by atoms with E-state index in [-0.39, 0.29) is 24.2 Å². The average molecular weight is 375 g/mol. The first-order chi connectivity index (χ1) is 12.5. The van der Waals surface area contributed by atoms with Crippen molar-refractivity contribution >= 4 is 28.3 Å². The van der Waals surface area contributed by atoms with Gasteiger partial charge in [-0.2, -0.15) is 0 Å². The zero-order chi connectivity index (χ0) is 18.7. The zero-order valence-electron chi connectivity index (χ0n) is 14.9. The van der Waals surface area contributed by atoms with Crippen LogP contribution in [0.1, 0.15) is 13.3 Å². The van der Waals surface area contributed by atoms with Crippen LogP contribution in [0.2, 0.25) is 0 Å². The summed E-state index contributed by atoms with van der Waals surface area (Å²) < 4.78 is 10.5. The molecule has 1 aromatic heterocycles. The largest absolute Gasteiger partial charge is 0.493 e. The average Bonchev–Trinajstić information content (AvgIpc) is 3.27.